The van der Waals surface area contributed by atoms with Crippen LogP contribution in [0.15, 0.2) is 57.6 Å². The van der Waals surface area contributed by atoms with E-state index < -0.39 is 0 Å². The second-order valence-corrected chi connectivity index (χ2v) is 8.83. The van der Waals surface area contributed by atoms with Gasteiger partial charge in [-0.15, -0.1) is 0 Å². The highest BCUT2D eigenvalue weighted by atomic mass is 79.9. The number of benzene rings is 2. The molecule has 0 saturated heterocycles. The van der Waals surface area contributed by atoms with Crippen molar-refractivity contribution in [3.8, 4) is 0 Å². The molecule has 3 nitrogen and oxygen atoms in total. The fourth-order valence-electron chi connectivity index (χ4n) is 3.65. The van der Waals surface area contributed by atoms with Gasteiger partial charge in [0.15, 0.2) is 5.78 Å². The lowest BCUT2D eigenvalue weighted by atomic mass is 9.92. The summed E-state index contributed by atoms with van der Waals surface area (Å²) in [6.07, 6.45) is 3.33. The standard InChI is InChI=1S/C24H24Br2N2O/c1-5-16-14-27-24(28(4)21-10-8-7-9-15(21)3)20(6-2)22(16)23(29)17-11-18(25)13-19(26)12-17/h7-14H,5-6H2,1-4H3. The van der Waals surface area contributed by atoms with Crippen molar-refractivity contribution in [1.29, 1.82) is 0 Å². The third-order valence-electron chi connectivity index (χ3n) is 5.12. The van der Waals surface area contributed by atoms with Crippen molar-refractivity contribution in [2.45, 2.75) is 33.6 Å². The zero-order valence-corrected chi connectivity index (χ0v) is 20.3. The van der Waals surface area contributed by atoms with E-state index in [1.807, 2.05) is 43.6 Å². The number of aromatic nitrogens is 1. The third-order valence-corrected chi connectivity index (χ3v) is 6.03. The average molecular weight is 516 g/mol. The summed E-state index contributed by atoms with van der Waals surface area (Å²) in [4.78, 5) is 20.4. The molecule has 0 aliphatic heterocycles. The minimum atomic E-state index is 0.0301. The summed E-state index contributed by atoms with van der Waals surface area (Å²) >= 11 is 7.00. The lowest BCUT2D eigenvalue weighted by Gasteiger charge is -2.25. The molecule has 0 N–H and O–H groups in total. The molecule has 3 rings (SSSR count). The van der Waals surface area contributed by atoms with E-state index in [0.29, 0.717) is 5.56 Å². The number of nitrogens with zero attached hydrogens (tertiary/aromatic N) is 2. The van der Waals surface area contributed by atoms with Gasteiger partial charge in [-0.25, -0.2) is 4.98 Å². The van der Waals surface area contributed by atoms with Gasteiger partial charge >= 0.3 is 0 Å². The van der Waals surface area contributed by atoms with Crippen molar-refractivity contribution in [2.24, 2.45) is 0 Å². The molecular weight excluding hydrogens is 492 g/mol. The van der Waals surface area contributed by atoms with E-state index in [9.17, 15) is 4.79 Å². The molecular formula is C24H24Br2N2O. The third kappa shape index (κ3) is 4.46. The first-order chi connectivity index (χ1) is 13.9. The van der Waals surface area contributed by atoms with Gasteiger partial charge in [0.1, 0.15) is 5.82 Å². The summed E-state index contributed by atoms with van der Waals surface area (Å²) < 4.78 is 1.75. The molecule has 3 aromatic rings. The SMILES string of the molecule is CCc1cnc(N(C)c2ccccc2C)c(CC)c1C(=O)c1cc(Br)cc(Br)c1. The number of para-hydroxylation sites is 1. The molecule has 0 aliphatic rings. The number of hydrogen-bond acceptors (Lipinski definition) is 3. The van der Waals surface area contributed by atoms with Gasteiger partial charge in [0, 0.05) is 44.6 Å². The van der Waals surface area contributed by atoms with Gasteiger partial charge in [0.25, 0.3) is 0 Å². The molecule has 29 heavy (non-hydrogen) atoms. The van der Waals surface area contributed by atoms with Crippen LogP contribution in [-0.2, 0) is 12.8 Å². The number of ketones is 1. The summed E-state index contributed by atoms with van der Waals surface area (Å²) in [6.45, 7) is 6.23. The minimum absolute atomic E-state index is 0.0301. The number of hydrogen-bond donors (Lipinski definition) is 0. The Kier molecular flexibility index (Phi) is 6.91. The Balaban J connectivity index is 2.20. The van der Waals surface area contributed by atoms with E-state index in [4.69, 9.17) is 4.98 Å². The predicted octanol–water partition coefficient (Wildman–Crippen LogP) is 7.04. The molecule has 0 radical (unpaired) electrons. The van der Waals surface area contributed by atoms with Crippen molar-refractivity contribution >= 4 is 49.1 Å². The van der Waals surface area contributed by atoms with Crippen LogP contribution in [0.2, 0.25) is 0 Å². The van der Waals surface area contributed by atoms with Gasteiger partial charge in [-0.3, -0.25) is 4.79 Å². The largest absolute Gasteiger partial charge is 0.329 e. The summed E-state index contributed by atoms with van der Waals surface area (Å²) in [6, 6.07) is 13.9. The first-order valence-electron chi connectivity index (χ1n) is 9.68. The van der Waals surface area contributed by atoms with Crippen LogP contribution in [0.4, 0.5) is 11.5 Å². The molecule has 1 heterocycles. The fraction of sp³-hybridized carbons (Fsp3) is 0.250. The maximum absolute atomic E-state index is 13.6. The number of halogens is 2. The van der Waals surface area contributed by atoms with Crippen LogP contribution in [0.25, 0.3) is 0 Å². The zero-order valence-electron chi connectivity index (χ0n) is 17.1. The van der Waals surface area contributed by atoms with Gasteiger partial charge in [0.2, 0.25) is 0 Å². The van der Waals surface area contributed by atoms with Crippen LogP contribution in [0.1, 0.15) is 46.5 Å². The van der Waals surface area contributed by atoms with E-state index in [2.05, 4.69) is 69.7 Å². The van der Waals surface area contributed by atoms with E-state index >= 15 is 0 Å². The van der Waals surface area contributed by atoms with Crippen LogP contribution in [-0.4, -0.2) is 17.8 Å². The Bertz CT molecular complexity index is 1040. The molecule has 2 aromatic carbocycles. The van der Waals surface area contributed by atoms with Crippen LogP contribution < -0.4 is 4.90 Å². The Hall–Kier alpha value is -1.98. The number of carbonyl (C=O) groups is 1. The molecule has 1 aromatic heterocycles. The van der Waals surface area contributed by atoms with Crippen molar-refractivity contribution in [3.05, 3.63) is 85.4 Å². The Morgan fingerprint density at radius 2 is 1.69 bits per heavy atom. The van der Waals surface area contributed by atoms with Gasteiger partial charge in [0.05, 0.1) is 0 Å². The van der Waals surface area contributed by atoms with E-state index in [-0.39, 0.29) is 5.78 Å². The number of anilines is 2. The van der Waals surface area contributed by atoms with Crippen molar-refractivity contribution in [3.63, 3.8) is 0 Å². The van der Waals surface area contributed by atoms with Crippen LogP contribution >= 0.6 is 31.9 Å². The maximum atomic E-state index is 13.6. The first-order valence-corrected chi connectivity index (χ1v) is 11.3. The lowest BCUT2D eigenvalue weighted by Crippen LogP contribution is -2.19. The summed E-state index contributed by atoms with van der Waals surface area (Å²) in [7, 11) is 2.01. The van der Waals surface area contributed by atoms with Gasteiger partial charge < -0.3 is 4.90 Å². The van der Waals surface area contributed by atoms with Crippen molar-refractivity contribution in [1.82, 2.24) is 4.98 Å². The number of carbonyl (C=O) groups excluding carboxylic acids is 1. The fourth-order valence-corrected chi connectivity index (χ4v) is 4.94. The molecule has 0 amide bonds. The van der Waals surface area contributed by atoms with Crippen LogP contribution in [0, 0.1) is 6.92 Å². The lowest BCUT2D eigenvalue weighted by molar-refractivity contribution is 0.103. The monoisotopic (exact) mass is 514 g/mol. The highest BCUT2D eigenvalue weighted by Crippen LogP contribution is 2.33. The Labute approximate surface area is 189 Å². The normalized spacial score (nSPS) is 10.8. The first kappa shape index (κ1) is 21.7. The Morgan fingerprint density at radius 3 is 2.28 bits per heavy atom. The molecule has 0 bridgehead atoms. The van der Waals surface area contributed by atoms with Crippen molar-refractivity contribution < 1.29 is 4.79 Å². The topological polar surface area (TPSA) is 33.2 Å². The zero-order chi connectivity index (χ0) is 21.1. The molecule has 0 unspecified atom stereocenters. The highest BCUT2D eigenvalue weighted by Gasteiger charge is 2.23. The number of rotatable bonds is 6. The average Bonchev–Trinajstić information content (AvgIpc) is 2.71. The summed E-state index contributed by atoms with van der Waals surface area (Å²) in [5.74, 6) is 0.860. The minimum Gasteiger partial charge on any atom is -0.329 e. The molecule has 0 spiro atoms. The molecule has 0 aliphatic carbocycles. The molecule has 0 saturated carbocycles. The molecule has 5 heteroatoms. The van der Waals surface area contributed by atoms with E-state index in [1.165, 1.54) is 5.56 Å². The van der Waals surface area contributed by atoms with Gasteiger partial charge in [-0.05, 0) is 55.2 Å². The highest BCUT2D eigenvalue weighted by molar-refractivity contribution is 9.11. The molecule has 0 fully saturated rings. The number of aryl methyl sites for hydroxylation is 2. The van der Waals surface area contributed by atoms with E-state index in [1.54, 1.807) is 0 Å². The maximum Gasteiger partial charge on any atom is 0.193 e. The van der Waals surface area contributed by atoms with E-state index in [0.717, 1.165) is 50.0 Å². The molecule has 150 valence electrons. The number of pyridine rings is 1. The smallest absolute Gasteiger partial charge is 0.193 e. The van der Waals surface area contributed by atoms with Crippen LogP contribution in [0.5, 0.6) is 0 Å². The quantitative estimate of drug-likeness (QED) is 0.330. The summed E-state index contributed by atoms with van der Waals surface area (Å²) in [5.41, 5.74) is 5.64. The Morgan fingerprint density at radius 1 is 1.03 bits per heavy atom. The van der Waals surface area contributed by atoms with Gasteiger partial charge in [-0.1, -0.05) is 63.9 Å². The van der Waals surface area contributed by atoms with Crippen LogP contribution in [0.3, 0.4) is 0 Å². The predicted molar refractivity (Wildman–Crippen MR) is 128 cm³/mol. The van der Waals surface area contributed by atoms with Gasteiger partial charge in [-0.2, -0.15) is 0 Å². The molecule has 0 atom stereocenters. The second-order valence-electron chi connectivity index (χ2n) is 7.00. The summed E-state index contributed by atoms with van der Waals surface area (Å²) in [5, 5.41) is 0. The second kappa shape index (κ2) is 9.23. The van der Waals surface area contributed by atoms with Crippen molar-refractivity contribution in [2.75, 3.05) is 11.9 Å².